The molecule has 0 atom stereocenters. The van der Waals surface area contributed by atoms with Crippen molar-refractivity contribution in [2.45, 2.75) is 57.6 Å². The molecule has 1 aromatic carbocycles. The first kappa shape index (κ1) is 21.0. The molecule has 1 aliphatic carbocycles. The molecule has 9 heteroatoms. The van der Waals surface area contributed by atoms with Crippen LogP contribution in [0.4, 0.5) is 14.9 Å². The Morgan fingerprint density at radius 1 is 1.34 bits per heavy atom. The Bertz CT molecular complexity index is 878. The number of carbonyl (C=O) groups is 1. The summed E-state index contributed by atoms with van der Waals surface area (Å²) in [5, 5.41) is 13.7. The molecule has 0 saturated heterocycles. The van der Waals surface area contributed by atoms with E-state index in [4.69, 9.17) is 15.9 Å². The molecule has 0 radical (unpaired) electrons. The largest absolute Gasteiger partial charge is 0.447 e. The molecule has 5 N–H and O–H groups in total. The minimum absolute atomic E-state index is 0.121. The fourth-order valence-electron chi connectivity index (χ4n) is 3.45. The summed E-state index contributed by atoms with van der Waals surface area (Å²) in [5.41, 5.74) is 6.20. The Kier molecular flexibility index (Phi) is 6.68. The first-order valence-corrected chi connectivity index (χ1v) is 10.5. The molecule has 1 amide bonds. The Labute approximate surface area is 173 Å². The van der Waals surface area contributed by atoms with E-state index in [1.165, 1.54) is 17.4 Å². The van der Waals surface area contributed by atoms with E-state index in [1.807, 2.05) is 13.8 Å². The van der Waals surface area contributed by atoms with Gasteiger partial charge in [0.15, 0.2) is 5.96 Å². The van der Waals surface area contributed by atoms with E-state index in [9.17, 15) is 9.18 Å². The maximum atomic E-state index is 14.5. The first-order valence-electron chi connectivity index (χ1n) is 9.65. The lowest BCUT2D eigenvalue weighted by Crippen LogP contribution is -2.38. The molecule has 156 valence electrons. The van der Waals surface area contributed by atoms with E-state index in [0.29, 0.717) is 17.2 Å². The van der Waals surface area contributed by atoms with Crippen molar-refractivity contribution >= 4 is 29.1 Å². The van der Waals surface area contributed by atoms with E-state index < -0.39 is 0 Å². The molecule has 0 bridgehead atoms. The van der Waals surface area contributed by atoms with Gasteiger partial charge in [0, 0.05) is 29.4 Å². The Balaban J connectivity index is 1.60. The number of benzene rings is 1. The molecule has 0 spiro atoms. The van der Waals surface area contributed by atoms with Gasteiger partial charge in [-0.1, -0.05) is 0 Å². The first-order chi connectivity index (χ1) is 13.8. The smallest absolute Gasteiger partial charge is 0.407 e. The second kappa shape index (κ2) is 9.21. The van der Waals surface area contributed by atoms with Crippen molar-refractivity contribution in [3.05, 3.63) is 35.2 Å². The third-order valence-corrected chi connectivity index (χ3v) is 5.97. The standard InChI is InChI=1S/C20H26FN5O2S/c1-11(2)28-20(27)26-13-5-3-12(4-6-13)18-24-10-17(29-18)15-8-7-14(9-16(15)21)25-19(22)23/h7-13H,3-6H2,1-2H3,(H,26,27)(H4,22,23,25)/t12-,13-. The van der Waals surface area contributed by atoms with Crippen LogP contribution in [0, 0.1) is 11.2 Å². The number of thiazole rings is 1. The summed E-state index contributed by atoms with van der Waals surface area (Å²) in [6, 6.07) is 4.80. The van der Waals surface area contributed by atoms with Crippen LogP contribution >= 0.6 is 11.3 Å². The Hall–Kier alpha value is -2.68. The number of halogens is 1. The molecule has 1 heterocycles. The predicted molar refractivity (Wildman–Crippen MR) is 113 cm³/mol. The van der Waals surface area contributed by atoms with Gasteiger partial charge in [-0.05, 0) is 57.7 Å². The number of nitrogens with zero attached hydrogens (tertiary/aromatic N) is 1. The number of hydrogen-bond acceptors (Lipinski definition) is 5. The summed E-state index contributed by atoms with van der Waals surface area (Å²) >= 11 is 1.50. The summed E-state index contributed by atoms with van der Waals surface area (Å²) in [4.78, 5) is 17.0. The van der Waals surface area contributed by atoms with Crippen molar-refractivity contribution in [1.29, 1.82) is 5.41 Å². The van der Waals surface area contributed by atoms with Gasteiger partial charge in [0.05, 0.1) is 16.0 Å². The summed E-state index contributed by atoms with van der Waals surface area (Å²) in [6.45, 7) is 3.65. The molecule has 1 aromatic heterocycles. The van der Waals surface area contributed by atoms with Gasteiger partial charge < -0.3 is 21.1 Å². The molecule has 1 aliphatic rings. The normalized spacial score (nSPS) is 19.0. The number of hydrogen-bond donors (Lipinski definition) is 4. The summed E-state index contributed by atoms with van der Waals surface area (Å²) < 4.78 is 19.6. The monoisotopic (exact) mass is 419 g/mol. The van der Waals surface area contributed by atoms with Crippen molar-refractivity contribution in [3.63, 3.8) is 0 Å². The number of alkyl carbamates (subject to hydrolysis) is 1. The van der Waals surface area contributed by atoms with Crippen LogP contribution in [0.2, 0.25) is 0 Å². The molecule has 7 nitrogen and oxygen atoms in total. The summed E-state index contributed by atoms with van der Waals surface area (Å²) in [5.74, 6) is -0.308. The SMILES string of the molecule is CC(C)OC(=O)N[C@H]1CC[C@H](c2ncc(-c3ccc(NC(=N)N)cc3F)s2)CC1. The fraction of sp³-hybridized carbons (Fsp3) is 0.450. The lowest BCUT2D eigenvalue weighted by molar-refractivity contribution is 0.109. The van der Waals surface area contributed by atoms with Gasteiger partial charge in [0.25, 0.3) is 0 Å². The van der Waals surface area contributed by atoms with Gasteiger partial charge in [-0.25, -0.2) is 14.2 Å². The summed E-state index contributed by atoms with van der Waals surface area (Å²) in [6.07, 6.45) is 4.79. The highest BCUT2D eigenvalue weighted by atomic mass is 32.1. The number of ether oxygens (including phenoxy) is 1. The van der Waals surface area contributed by atoms with Crippen molar-refractivity contribution in [1.82, 2.24) is 10.3 Å². The van der Waals surface area contributed by atoms with E-state index in [2.05, 4.69) is 15.6 Å². The topological polar surface area (TPSA) is 113 Å². The lowest BCUT2D eigenvalue weighted by atomic mass is 9.86. The molecular formula is C20H26FN5O2S. The van der Waals surface area contributed by atoms with Crippen LogP contribution in [0.25, 0.3) is 10.4 Å². The quantitative estimate of drug-likeness (QED) is 0.423. The predicted octanol–water partition coefficient (Wildman–Crippen LogP) is 4.42. The van der Waals surface area contributed by atoms with Crippen molar-refractivity contribution in [3.8, 4) is 10.4 Å². The number of amides is 1. The highest BCUT2D eigenvalue weighted by Crippen LogP contribution is 2.38. The third-order valence-electron chi connectivity index (χ3n) is 4.78. The number of nitrogens with one attached hydrogen (secondary N) is 3. The maximum absolute atomic E-state index is 14.5. The average molecular weight is 420 g/mol. The van der Waals surface area contributed by atoms with Crippen LogP contribution in [0.1, 0.15) is 50.5 Å². The van der Waals surface area contributed by atoms with Gasteiger partial charge in [0.1, 0.15) is 5.82 Å². The number of rotatable bonds is 5. The molecule has 0 unspecified atom stereocenters. The van der Waals surface area contributed by atoms with Crippen molar-refractivity contribution in [2.24, 2.45) is 5.73 Å². The molecule has 0 aliphatic heterocycles. The van der Waals surface area contributed by atoms with Gasteiger partial charge in [0.2, 0.25) is 0 Å². The number of anilines is 1. The Morgan fingerprint density at radius 2 is 2.07 bits per heavy atom. The van der Waals surface area contributed by atoms with Crippen LogP contribution in [0.3, 0.4) is 0 Å². The highest BCUT2D eigenvalue weighted by Gasteiger charge is 2.26. The van der Waals surface area contributed by atoms with Gasteiger partial charge in [-0.15, -0.1) is 11.3 Å². The zero-order chi connectivity index (χ0) is 21.0. The third kappa shape index (κ3) is 5.66. The number of nitrogens with two attached hydrogens (primary N) is 1. The number of guanidine groups is 1. The van der Waals surface area contributed by atoms with Gasteiger partial charge in [-0.2, -0.15) is 0 Å². The van der Waals surface area contributed by atoms with Crippen molar-refractivity contribution < 1.29 is 13.9 Å². The van der Waals surface area contributed by atoms with E-state index >= 15 is 0 Å². The van der Waals surface area contributed by atoms with E-state index in [1.54, 1.807) is 18.3 Å². The fourth-order valence-corrected chi connectivity index (χ4v) is 4.56. The minimum atomic E-state index is -0.386. The second-order valence-corrected chi connectivity index (χ2v) is 8.51. The zero-order valence-electron chi connectivity index (χ0n) is 16.5. The van der Waals surface area contributed by atoms with Gasteiger partial charge in [-0.3, -0.25) is 5.41 Å². The van der Waals surface area contributed by atoms with Crippen LogP contribution in [-0.2, 0) is 4.74 Å². The summed E-state index contributed by atoms with van der Waals surface area (Å²) in [7, 11) is 0. The van der Waals surface area contributed by atoms with Crippen LogP contribution in [0.15, 0.2) is 24.4 Å². The molecule has 1 fully saturated rings. The lowest BCUT2D eigenvalue weighted by Gasteiger charge is -2.28. The molecular weight excluding hydrogens is 393 g/mol. The van der Waals surface area contributed by atoms with Crippen molar-refractivity contribution in [2.75, 3.05) is 5.32 Å². The van der Waals surface area contributed by atoms with Crippen LogP contribution in [-0.4, -0.2) is 29.2 Å². The van der Waals surface area contributed by atoms with E-state index in [-0.39, 0.29) is 30.0 Å². The molecule has 2 aromatic rings. The maximum Gasteiger partial charge on any atom is 0.407 e. The molecule has 3 rings (SSSR count). The van der Waals surface area contributed by atoms with Crippen LogP contribution < -0.4 is 16.4 Å². The number of carbonyl (C=O) groups excluding carboxylic acids is 1. The average Bonchev–Trinajstić information content (AvgIpc) is 3.11. The number of aromatic nitrogens is 1. The van der Waals surface area contributed by atoms with Gasteiger partial charge >= 0.3 is 6.09 Å². The zero-order valence-corrected chi connectivity index (χ0v) is 17.3. The minimum Gasteiger partial charge on any atom is -0.447 e. The molecule has 1 saturated carbocycles. The van der Waals surface area contributed by atoms with E-state index in [0.717, 1.165) is 35.6 Å². The Morgan fingerprint density at radius 3 is 2.69 bits per heavy atom. The molecule has 29 heavy (non-hydrogen) atoms. The van der Waals surface area contributed by atoms with Crippen LogP contribution in [0.5, 0.6) is 0 Å². The second-order valence-electron chi connectivity index (χ2n) is 7.44. The highest BCUT2D eigenvalue weighted by molar-refractivity contribution is 7.15.